The average Bonchev–Trinajstić information content (AvgIpc) is 2.57. The predicted molar refractivity (Wildman–Crippen MR) is 83.6 cm³/mol. The molecule has 0 atom stereocenters. The first kappa shape index (κ1) is 18.9. The summed E-state index contributed by atoms with van der Waals surface area (Å²) in [5.41, 5.74) is 8.20. The minimum absolute atomic E-state index is 0.374. The molecular formula is C14H22F2N4O3S. The molecule has 0 saturated heterocycles. The van der Waals surface area contributed by atoms with E-state index in [1.165, 1.54) is 0 Å². The number of amides is 1. The molecule has 0 bridgehead atoms. The maximum atomic E-state index is 14.3. The number of azide groups is 1. The van der Waals surface area contributed by atoms with Gasteiger partial charge in [-0.15, -0.1) is 0 Å². The zero-order valence-electron chi connectivity index (χ0n) is 13.4. The van der Waals surface area contributed by atoms with Crippen molar-refractivity contribution in [2.24, 2.45) is 4.52 Å². The third-order valence-corrected chi connectivity index (χ3v) is 6.00. The first-order chi connectivity index (χ1) is 11.3. The van der Waals surface area contributed by atoms with Crippen molar-refractivity contribution in [1.82, 2.24) is 4.90 Å². The summed E-state index contributed by atoms with van der Waals surface area (Å²) in [4.78, 5) is 15.5. The summed E-state index contributed by atoms with van der Waals surface area (Å²) in [7, 11) is -5.55. The molecule has 0 aliphatic heterocycles. The van der Waals surface area contributed by atoms with E-state index in [1.807, 2.05) is 4.91 Å². The highest BCUT2D eigenvalue weighted by Gasteiger charge is 2.56. The first-order valence-electron chi connectivity index (χ1n) is 8.33. The second-order valence-corrected chi connectivity index (χ2v) is 8.09. The molecule has 0 N–H and O–H groups in total. The van der Waals surface area contributed by atoms with Gasteiger partial charge in [0.2, 0.25) is 0 Å². The number of hydrogen-bond acceptors (Lipinski definition) is 3. The maximum Gasteiger partial charge on any atom is 0.429 e. The summed E-state index contributed by atoms with van der Waals surface area (Å²) in [5.74, 6) is -1.74. The smallest absolute Gasteiger partial charge is 0.331 e. The lowest BCUT2D eigenvalue weighted by atomic mass is 9.88. The van der Waals surface area contributed by atoms with E-state index in [4.69, 9.17) is 5.53 Å². The van der Waals surface area contributed by atoms with Crippen molar-refractivity contribution >= 4 is 15.9 Å². The number of rotatable bonds is 5. The van der Waals surface area contributed by atoms with Gasteiger partial charge in [0.25, 0.3) is 0 Å². The van der Waals surface area contributed by atoms with Crippen molar-refractivity contribution < 1.29 is 22.0 Å². The van der Waals surface area contributed by atoms with Crippen LogP contribution in [0.5, 0.6) is 0 Å². The van der Waals surface area contributed by atoms with Crippen molar-refractivity contribution in [3.63, 3.8) is 0 Å². The molecule has 2 rings (SSSR count). The van der Waals surface area contributed by atoms with E-state index in [2.05, 4.69) is 4.52 Å². The monoisotopic (exact) mass is 364 g/mol. The van der Waals surface area contributed by atoms with Crippen LogP contribution in [0.1, 0.15) is 64.2 Å². The van der Waals surface area contributed by atoms with E-state index in [9.17, 15) is 22.0 Å². The molecule has 10 heteroatoms. The summed E-state index contributed by atoms with van der Waals surface area (Å²) in [6, 6.07) is -0.747. The van der Waals surface area contributed by atoms with Gasteiger partial charge in [0.1, 0.15) is 0 Å². The van der Waals surface area contributed by atoms with Gasteiger partial charge in [0.05, 0.1) is 0 Å². The van der Waals surface area contributed by atoms with Gasteiger partial charge in [0, 0.05) is 21.5 Å². The Morgan fingerprint density at radius 2 is 1.42 bits per heavy atom. The van der Waals surface area contributed by atoms with Gasteiger partial charge in [-0.25, -0.2) is 8.42 Å². The van der Waals surface area contributed by atoms with Gasteiger partial charge < -0.3 is 4.90 Å². The van der Waals surface area contributed by atoms with Crippen LogP contribution >= 0.6 is 0 Å². The SMILES string of the molecule is [N-]=[N+]=NS(=O)(=O)C(F)(F)C(=O)N(C1CCCCC1)C1CCCCC1. The molecule has 0 unspecified atom stereocenters. The normalized spacial score (nSPS) is 21.1. The van der Waals surface area contributed by atoms with Crippen molar-refractivity contribution in [1.29, 1.82) is 0 Å². The Hall–Kier alpha value is -1.41. The fourth-order valence-electron chi connectivity index (χ4n) is 3.71. The molecule has 1 amide bonds. The lowest BCUT2D eigenvalue weighted by Gasteiger charge is -2.42. The number of hydrogen-bond donors (Lipinski definition) is 0. The van der Waals surface area contributed by atoms with E-state index in [0.29, 0.717) is 25.7 Å². The highest BCUT2D eigenvalue weighted by molar-refractivity contribution is 7.91. The number of halogens is 2. The molecule has 2 fully saturated rings. The number of sulfonamides is 1. The van der Waals surface area contributed by atoms with Gasteiger partial charge in [-0.3, -0.25) is 4.79 Å². The van der Waals surface area contributed by atoms with E-state index < -0.39 is 21.2 Å². The molecule has 2 saturated carbocycles. The number of carbonyl (C=O) groups excluding carboxylic acids is 1. The Labute approximate surface area is 140 Å². The summed E-state index contributed by atoms with van der Waals surface area (Å²) in [5, 5.41) is -4.73. The van der Waals surface area contributed by atoms with Crippen molar-refractivity contribution in [2.75, 3.05) is 0 Å². The highest BCUT2D eigenvalue weighted by atomic mass is 32.2. The number of carbonyl (C=O) groups is 1. The average molecular weight is 364 g/mol. The van der Waals surface area contributed by atoms with Crippen LogP contribution in [-0.2, 0) is 14.8 Å². The first-order valence-corrected chi connectivity index (χ1v) is 9.77. The summed E-state index contributed by atoms with van der Waals surface area (Å²) >= 11 is 0. The quantitative estimate of drug-likeness (QED) is 0.422. The fraction of sp³-hybridized carbons (Fsp3) is 0.929. The molecule has 7 nitrogen and oxygen atoms in total. The third-order valence-electron chi connectivity index (χ3n) is 4.89. The van der Waals surface area contributed by atoms with Crippen LogP contribution in [0.25, 0.3) is 10.4 Å². The standard InChI is InChI=1S/C14H22F2N4O3S/c15-14(16,24(22,23)19-18-17)13(21)20(11-7-3-1-4-8-11)12-9-5-2-6-10-12/h11-12H,1-10H2. The molecule has 0 spiro atoms. The minimum atomic E-state index is -5.55. The molecule has 0 aromatic heterocycles. The molecule has 136 valence electrons. The van der Waals surface area contributed by atoms with Crippen LogP contribution in [-0.4, -0.2) is 36.6 Å². The van der Waals surface area contributed by atoms with Crippen molar-refractivity contribution in [3.8, 4) is 0 Å². The van der Waals surface area contributed by atoms with Gasteiger partial charge in [-0.05, 0) is 31.2 Å². The molecule has 0 aromatic rings. The van der Waals surface area contributed by atoms with Crippen LogP contribution in [0.15, 0.2) is 4.52 Å². The Bertz CT molecular complexity index is 590. The van der Waals surface area contributed by atoms with Crippen LogP contribution < -0.4 is 0 Å². The second-order valence-electron chi connectivity index (χ2n) is 6.46. The molecule has 2 aliphatic carbocycles. The van der Waals surface area contributed by atoms with Gasteiger partial charge in [-0.2, -0.15) is 8.78 Å². The molecule has 0 radical (unpaired) electrons. The van der Waals surface area contributed by atoms with E-state index >= 15 is 0 Å². The zero-order chi connectivity index (χ0) is 17.8. The van der Waals surface area contributed by atoms with Gasteiger partial charge >= 0.3 is 21.2 Å². The van der Waals surface area contributed by atoms with E-state index in [1.54, 1.807) is 0 Å². The molecule has 0 heterocycles. The Morgan fingerprint density at radius 3 is 1.79 bits per heavy atom. The largest absolute Gasteiger partial charge is 0.429 e. The fourth-order valence-corrected chi connectivity index (χ4v) is 4.23. The zero-order valence-corrected chi connectivity index (χ0v) is 14.2. The Morgan fingerprint density at radius 1 is 1.00 bits per heavy atom. The summed E-state index contributed by atoms with van der Waals surface area (Å²) in [6.45, 7) is 0. The lowest BCUT2D eigenvalue weighted by Crippen LogP contribution is -2.56. The van der Waals surface area contributed by atoms with Crippen LogP contribution in [0, 0.1) is 0 Å². The third kappa shape index (κ3) is 3.80. The van der Waals surface area contributed by atoms with E-state index in [0.717, 1.165) is 43.4 Å². The minimum Gasteiger partial charge on any atom is -0.331 e. The topological polar surface area (TPSA) is 103 Å². The Balaban J connectivity index is 2.34. The van der Waals surface area contributed by atoms with Crippen LogP contribution in [0.3, 0.4) is 0 Å². The van der Waals surface area contributed by atoms with Crippen molar-refractivity contribution in [3.05, 3.63) is 10.4 Å². The highest BCUT2D eigenvalue weighted by Crippen LogP contribution is 2.35. The number of nitrogens with zero attached hydrogens (tertiary/aromatic N) is 4. The molecule has 24 heavy (non-hydrogen) atoms. The maximum absolute atomic E-state index is 14.3. The van der Waals surface area contributed by atoms with Crippen molar-refractivity contribution in [2.45, 2.75) is 81.5 Å². The number of alkyl halides is 2. The Kier molecular flexibility index (Phi) is 6.03. The lowest BCUT2D eigenvalue weighted by molar-refractivity contribution is -0.154. The van der Waals surface area contributed by atoms with Gasteiger partial charge in [-0.1, -0.05) is 38.5 Å². The summed E-state index contributed by atoms with van der Waals surface area (Å²) in [6.07, 6.45) is 7.67. The van der Waals surface area contributed by atoms with Gasteiger partial charge in [0.15, 0.2) is 0 Å². The van der Waals surface area contributed by atoms with Crippen LogP contribution in [0.2, 0.25) is 0 Å². The molecule has 0 aromatic carbocycles. The summed E-state index contributed by atoms with van der Waals surface area (Å²) < 4.78 is 53.9. The second kappa shape index (κ2) is 7.65. The predicted octanol–water partition coefficient (Wildman–Crippen LogP) is 3.71. The molecular weight excluding hydrogens is 342 g/mol. The van der Waals surface area contributed by atoms with Crippen LogP contribution in [0.4, 0.5) is 8.78 Å². The molecule has 2 aliphatic rings. The van der Waals surface area contributed by atoms with E-state index in [-0.39, 0.29) is 12.1 Å².